The maximum Gasteiger partial charge on any atom is 0.304 e. The number of rotatable bonds is 8. The predicted molar refractivity (Wildman–Crippen MR) is 71.5 cm³/mol. The quantitative estimate of drug-likeness (QED) is 0.639. The minimum atomic E-state index is -0.892. The van der Waals surface area contributed by atoms with Crippen LogP contribution >= 0.6 is 0 Å². The highest BCUT2D eigenvalue weighted by atomic mass is 16.5. The first-order chi connectivity index (χ1) is 9.06. The Hall–Kier alpha value is -1.79. The van der Waals surface area contributed by atoms with Gasteiger partial charge in [0.25, 0.3) is 0 Å². The standard InChI is InChI=1S/C13H20N2O4/c1-18-11-4-3-9(12(6-11)19-2)7-15-8-10(14)5-13(16)17/h3-4,6,10,15H,5,7-8,14H2,1-2H3,(H,16,17). The second kappa shape index (κ2) is 7.60. The summed E-state index contributed by atoms with van der Waals surface area (Å²) >= 11 is 0. The number of nitrogens with two attached hydrogens (primary N) is 1. The average molecular weight is 268 g/mol. The van der Waals surface area contributed by atoms with E-state index < -0.39 is 12.0 Å². The Balaban J connectivity index is 2.51. The molecule has 0 bridgehead atoms. The lowest BCUT2D eigenvalue weighted by molar-refractivity contribution is -0.137. The number of methoxy groups -OCH3 is 2. The lowest BCUT2D eigenvalue weighted by Crippen LogP contribution is -2.35. The van der Waals surface area contributed by atoms with Gasteiger partial charge in [-0.15, -0.1) is 0 Å². The number of hydrogen-bond acceptors (Lipinski definition) is 5. The molecule has 106 valence electrons. The Morgan fingerprint density at radius 2 is 2.16 bits per heavy atom. The number of aliphatic carboxylic acids is 1. The Morgan fingerprint density at radius 3 is 2.74 bits per heavy atom. The van der Waals surface area contributed by atoms with Crippen LogP contribution in [0.25, 0.3) is 0 Å². The van der Waals surface area contributed by atoms with E-state index in [1.54, 1.807) is 20.3 Å². The second-order valence-electron chi connectivity index (χ2n) is 4.17. The van der Waals surface area contributed by atoms with Gasteiger partial charge in [0, 0.05) is 30.8 Å². The van der Waals surface area contributed by atoms with Gasteiger partial charge in [-0.2, -0.15) is 0 Å². The van der Waals surface area contributed by atoms with Crippen molar-refractivity contribution in [2.45, 2.75) is 19.0 Å². The first-order valence-electron chi connectivity index (χ1n) is 5.95. The summed E-state index contributed by atoms with van der Waals surface area (Å²) in [4.78, 5) is 10.5. The van der Waals surface area contributed by atoms with Gasteiger partial charge in [0.1, 0.15) is 11.5 Å². The monoisotopic (exact) mass is 268 g/mol. The second-order valence-corrected chi connectivity index (χ2v) is 4.17. The third kappa shape index (κ3) is 5.15. The number of ether oxygens (including phenoxy) is 2. The SMILES string of the molecule is COc1ccc(CNCC(N)CC(=O)O)c(OC)c1. The maximum atomic E-state index is 10.5. The van der Waals surface area contributed by atoms with Gasteiger partial charge in [0.2, 0.25) is 0 Å². The normalized spacial score (nSPS) is 11.9. The van der Waals surface area contributed by atoms with Crippen LogP contribution in [0.2, 0.25) is 0 Å². The molecule has 1 aromatic carbocycles. The molecule has 0 aromatic heterocycles. The molecule has 6 heteroatoms. The molecule has 0 heterocycles. The van der Waals surface area contributed by atoms with Crippen molar-refractivity contribution in [3.05, 3.63) is 23.8 Å². The van der Waals surface area contributed by atoms with Crippen LogP contribution in [0, 0.1) is 0 Å². The van der Waals surface area contributed by atoms with E-state index >= 15 is 0 Å². The van der Waals surface area contributed by atoms with Crippen LogP contribution in [-0.2, 0) is 11.3 Å². The van der Waals surface area contributed by atoms with E-state index in [-0.39, 0.29) is 6.42 Å². The fourth-order valence-corrected chi connectivity index (χ4v) is 1.69. The van der Waals surface area contributed by atoms with Crippen molar-refractivity contribution in [3.63, 3.8) is 0 Å². The summed E-state index contributed by atoms with van der Waals surface area (Å²) in [5, 5.41) is 11.7. The topological polar surface area (TPSA) is 93.8 Å². The minimum absolute atomic E-state index is 0.0489. The third-order valence-electron chi connectivity index (χ3n) is 2.65. The van der Waals surface area contributed by atoms with Gasteiger partial charge in [0.15, 0.2) is 0 Å². The van der Waals surface area contributed by atoms with Crippen molar-refractivity contribution >= 4 is 5.97 Å². The molecule has 1 atom stereocenters. The lowest BCUT2D eigenvalue weighted by atomic mass is 10.1. The number of benzene rings is 1. The predicted octanol–water partition coefficient (Wildman–Crippen LogP) is 0.595. The molecule has 0 radical (unpaired) electrons. The molecule has 1 rings (SSSR count). The van der Waals surface area contributed by atoms with E-state index in [4.69, 9.17) is 20.3 Å². The zero-order chi connectivity index (χ0) is 14.3. The number of carboxylic acid groups (broad SMARTS) is 1. The molecule has 6 nitrogen and oxygen atoms in total. The van der Waals surface area contributed by atoms with Gasteiger partial charge in [-0.25, -0.2) is 0 Å². The largest absolute Gasteiger partial charge is 0.497 e. The van der Waals surface area contributed by atoms with Gasteiger partial charge in [-0.1, -0.05) is 6.07 Å². The highest BCUT2D eigenvalue weighted by molar-refractivity contribution is 5.67. The molecule has 0 saturated carbocycles. The molecule has 0 saturated heterocycles. The first kappa shape index (κ1) is 15.3. The van der Waals surface area contributed by atoms with E-state index in [0.717, 1.165) is 17.1 Å². The molecule has 0 amide bonds. The Labute approximate surface area is 112 Å². The molecular formula is C13H20N2O4. The zero-order valence-electron chi connectivity index (χ0n) is 11.2. The van der Waals surface area contributed by atoms with Crippen LogP contribution in [-0.4, -0.2) is 37.9 Å². The molecule has 0 aliphatic carbocycles. The van der Waals surface area contributed by atoms with Gasteiger partial charge in [-0.05, 0) is 6.07 Å². The number of nitrogens with one attached hydrogen (secondary N) is 1. The van der Waals surface area contributed by atoms with E-state index in [9.17, 15) is 4.79 Å². The maximum absolute atomic E-state index is 10.5. The molecule has 0 aliphatic rings. The van der Waals surface area contributed by atoms with Gasteiger partial charge in [0.05, 0.1) is 20.6 Å². The van der Waals surface area contributed by atoms with Crippen molar-refractivity contribution < 1.29 is 19.4 Å². The first-order valence-corrected chi connectivity index (χ1v) is 5.95. The molecule has 0 fully saturated rings. The van der Waals surface area contributed by atoms with E-state index in [1.165, 1.54) is 0 Å². The van der Waals surface area contributed by atoms with Gasteiger partial charge in [-0.3, -0.25) is 4.79 Å². The molecule has 4 N–H and O–H groups in total. The fourth-order valence-electron chi connectivity index (χ4n) is 1.69. The van der Waals surface area contributed by atoms with Crippen molar-refractivity contribution in [2.75, 3.05) is 20.8 Å². The number of carboxylic acids is 1. The average Bonchev–Trinajstić information content (AvgIpc) is 2.38. The zero-order valence-corrected chi connectivity index (χ0v) is 11.2. The Kier molecular flexibility index (Phi) is 6.11. The third-order valence-corrected chi connectivity index (χ3v) is 2.65. The molecule has 0 aliphatic heterocycles. The highest BCUT2D eigenvalue weighted by Crippen LogP contribution is 2.24. The van der Waals surface area contributed by atoms with Crippen molar-refractivity contribution in [1.82, 2.24) is 5.32 Å². The summed E-state index contributed by atoms with van der Waals surface area (Å²) < 4.78 is 10.4. The van der Waals surface area contributed by atoms with E-state index in [2.05, 4.69) is 5.32 Å². The lowest BCUT2D eigenvalue weighted by Gasteiger charge is -2.13. The Morgan fingerprint density at radius 1 is 1.42 bits per heavy atom. The van der Waals surface area contributed by atoms with Gasteiger partial charge >= 0.3 is 5.97 Å². The fraction of sp³-hybridized carbons (Fsp3) is 0.462. The Bertz CT molecular complexity index is 423. The summed E-state index contributed by atoms with van der Waals surface area (Å²) in [5.41, 5.74) is 6.62. The smallest absolute Gasteiger partial charge is 0.304 e. The summed E-state index contributed by atoms with van der Waals surface area (Å²) in [6.45, 7) is 0.988. The molecular weight excluding hydrogens is 248 g/mol. The van der Waals surface area contributed by atoms with Crippen molar-refractivity contribution in [1.29, 1.82) is 0 Å². The van der Waals surface area contributed by atoms with Crippen LogP contribution < -0.4 is 20.5 Å². The van der Waals surface area contributed by atoms with Crippen LogP contribution in [0.4, 0.5) is 0 Å². The van der Waals surface area contributed by atoms with Crippen molar-refractivity contribution in [3.8, 4) is 11.5 Å². The number of hydrogen-bond donors (Lipinski definition) is 3. The summed E-state index contributed by atoms with van der Waals surface area (Å²) in [7, 11) is 3.19. The van der Waals surface area contributed by atoms with Crippen molar-refractivity contribution in [2.24, 2.45) is 5.73 Å². The molecule has 19 heavy (non-hydrogen) atoms. The summed E-state index contributed by atoms with van der Waals surface area (Å²) in [6.07, 6.45) is -0.0489. The summed E-state index contributed by atoms with van der Waals surface area (Å²) in [6, 6.07) is 5.14. The van der Waals surface area contributed by atoms with E-state index in [1.807, 2.05) is 12.1 Å². The van der Waals surface area contributed by atoms with Crippen LogP contribution in [0.15, 0.2) is 18.2 Å². The molecule has 0 spiro atoms. The summed E-state index contributed by atoms with van der Waals surface area (Å²) in [5.74, 6) is 0.554. The van der Waals surface area contributed by atoms with Crippen LogP contribution in [0.1, 0.15) is 12.0 Å². The van der Waals surface area contributed by atoms with Crippen LogP contribution in [0.5, 0.6) is 11.5 Å². The molecule has 1 unspecified atom stereocenters. The highest BCUT2D eigenvalue weighted by Gasteiger charge is 2.09. The minimum Gasteiger partial charge on any atom is -0.497 e. The number of carbonyl (C=O) groups is 1. The van der Waals surface area contributed by atoms with Crippen LogP contribution in [0.3, 0.4) is 0 Å². The van der Waals surface area contributed by atoms with Gasteiger partial charge < -0.3 is 25.6 Å². The van der Waals surface area contributed by atoms with E-state index in [0.29, 0.717) is 13.1 Å². The molecule has 1 aromatic rings.